The van der Waals surface area contributed by atoms with Crippen molar-refractivity contribution >= 4 is 23.0 Å². The van der Waals surface area contributed by atoms with Gasteiger partial charge in [0.2, 0.25) is 0 Å². The van der Waals surface area contributed by atoms with Gasteiger partial charge < -0.3 is 15.8 Å². The van der Waals surface area contributed by atoms with Gasteiger partial charge in [0.15, 0.2) is 0 Å². The minimum Gasteiger partial charge on any atom is -0.465 e. The second kappa shape index (κ2) is 6.59. The van der Waals surface area contributed by atoms with Gasteiger partial charge in [0.25, 0.3) is 0 Å². The van der Waals surface area contributed by atoms with Crippen LogP contribution in [-0.2, 0) is 15.6 Å². The van der Waals surface area contributed by atoms with Crippen LogP contribution in [0.5, 0.6) is 0 Å². The van der Waals surface area contributed by atoms with Crippen molar-refractivity contribution in [1.29, 1.82) is 0 Å². The Hall–Kier alpha value is -2.49. The Morgan fingerprint density at radius 3 is 2.15 bits per heavy atom. The highest BCUT2D eigenvalue weighted by Crippen LogP contribution is 2.47. The maximum Gasteiger partial charge on any atom is 0.337 e. The van der Waals surface area contributed by atoms with E-state index in [9.17, 15) is 4.79 Å². The molecule has 3 N–H and O–H groups in total. The zero-order chi connectivity index (χ0) is 20.0. The molecule has 2 aromatic carbocycles. The topological polar surface area (TPSA) is 64.3 Å². The number of hydrogen-bond acceptors (Lipinski definition) is 4. The molecule has 0 spiro atoms. The standard InChI is InChI=1S/C23H30N2O2/c1-14-11-16-17(23(4,5)10-9-22(16,2)3)13-20(14)25-19-8-7-15(12-18(19)24)21(26)27-6/h7-8,11-13,25H,9-10,24H2,1-6H3. The molecule has 4 nitrogen and oxygen atoms in total. The Labute approximate surface area is 162 Å². The Morgan fingerprint density at radius 1 is 1.00 bits per heavy atom. The Balaban J connectivity index is 2.01. The van der Waals surface area contributed by atoms with Crippen LogP contribution in [0.4, 0.5) is 17.1 Å². The van der Waals surface area contributed by atoms with Gasteiger partial charge in [-0.2, -0.15) is 0 Å². The van der Waals surface area contributed by atoms with Crippen molar-refractivity contribution in [3.8, 4) is 0 Å². The first kappa shape index (κ1) is 19.3. The van der Waals surface area contributed by atoms with Gasteiger partial charge in [0.05, 0.1) is 24.0 Å². The number of anilines is 3. The Kier molecular flexibility index (Phi) is 4.71. The molecule has 1 aliphatic carbocycles. The number of carbonyl (C=O) groups excluding carboxylic acids is 1. The monoisotopic (exact) mass is 366 g/mol. The number of nitrogens with one attached hydrogen (secondary N) is 1. The Morgan fingerprint density at radius 2 is 1.59 bits per heavy atom. The smallest absolute Gasteiger partial charge is 0.337 e. The number of hydrogen-bond donors (Lipinski definition) is 2. The Bertz CT molecular complexity index is 897. The lowest BCUT2D eigenvalue weighted by molar-refractivity contribution is 0.0601. The summed E-state index contributed by atoms with van der Waals surface area (Å²) in [6.07, 6.45) is 2.37. The summed E-state index contributed by atoms with van der Waals surface area (Å²) in [7, 11) is 1.37. The highest BCUT2D eigenvalue weighted by molar-refractivity contribution is 5.92. The molecule has 0 radical (unpaired) electrons. The van der Waals surface area contributed by atoms with E-state index < -0.39 is 0 Å². The maximum absolute atomic E-state index is 11.7. The van der Waals surface area contributed by atoms with Crippen molar-refractivity contribution in [1.82, 2.24) is 0 Å². The first-order valence-electron chi connectivity index (χ1n) is 9.46. The summed E-state index contributed by atoms with van der Waals surface area (Å²) in [5, 5.41) is 3.46. The van der Waals surface area contributed by atoms with Crippen LogP contribution < -0.4 is 11.1 Å². The summed E-state index contributed by atoms with van der Waals surface area (Å²) >= 11 is 0. The average molecular weight is 367 g/mol. The number of aryl methyl sites for hydroxylation is 1. The van der Waals surface area contributed by atoms with Crippen LogP contribution in [0.15, 0.2) is 30.3 Å². The number of esters is 1. The van der Waals surface area contributed by atoms with Gasteiger partial charge in [-0.15, -0.1) is 0 Å². The summed E-state index contributed by atoms with van der Waals surface area (Å²) in [4.78, 5) is 11.7. The van der Waals surface area contributed by atoms with Gasteiger partial charge in [-0.1, -0.05) is 33.8 Å². The van der Waals surface area contributed by atoms with Crippen LogP contribution in [-0.4, -0.2) is 13.1 Å². The summed E-state index contributed by atoms with van der Waals surface area (Å²) < 4.78 is 4.76. The molecular weight excluding hydrogens is 336 g/mol. The molecule has 0 saturated carbocycles. The zero-order valence-corrected chi connectivity index (χ0v) is 17.2. The predicted octanol–water partition coefficient (Wildman–Crippen LogP) is 5.46. The van der Waals surface area contributed by atoms with Gasteiger partial charge in [-0.3, -0.25) is 0 Å². The lowest BCUT2D eigenvalue weighted by Gasteiger charge is -2.42. The molecule has 0 amide bonds. The van der Waals surface area contributed by atoms with Gasteiger partial charge in [-0.05, 0) is 71.6 Å². The third-order valence-corrected chi connectivity index (χ3v) is 5.94. The van der Waals surface area contributed by atoms with E-state index in [4.69, 9.17) is 10.5 Å². The molecule has 0 unspecified atom stereocenters. The zero-order valence-electron chi connectivity index (χ0n) is 17.2. The maximum atomic E-state index is 11.7. The molecule has 3 rings (SSSR count). The predicted molar refractivity (Wildman–Crippen MR) is 112 cm³/mol. The number of fused-ring (bicyclic) bond motifs is 1. The van der Waals surface area contributed by atoms with E-state index in [1.54, 1.807) is 12.1 Å². The molecule has 2 aromatic rings. The van der Waals surface area contributed by atoms with E-state index in [2.05, 4.69) is 52.1 Å². The molecule has 4 heteroatoms. The fourth-order valence-electron chi connectivity index (χ4n) is 3.92. The summed E-state index contributed by atoms with van der Waals surface area (Å²) in [6.45, 7) is 11.4. The van der Waals surface area contributed by atoms with Crippen LogP contribution in [0, 0.1) is 6.92 Å². The van der Waals surface area contributed by atoms with E-state index in [1.165, 1.54) is 36.6 Å². The first-order valence-corrected chi connectivity index (χ1v) is 9.46. The number of nitrogen functional groups attached to an aromatic ring is 1. The lowest BCUT2D eigenvalue weighted by atomic mass is 9.63. The van der Waals surface area contributed by atoms with Crippen molar-refractivity contribution in [2.45, 2.75) is 58.3 Å². The highest BCUT2D eigenvalue weighted by Gasteiger charge is 2.37. The molecule has 27 heavy (non-hydrogen) atoms. The fraction of sp³-hybridized carbons (Fsp3) is 0.435. The molecule has 0 aliphatic heterocycles. The van der Waals surface area contributed by atoms with E-state index in [0.29, 0.717) is 11.3 Å². The third-order valence-electron chi connectivity index (χ3n) is 5.94. The summed E-state index contributed by atoms with van der Waals surface area (Å²) in [6, 6.07) is 9.80. The average Bonchev–Trinajstić information content (AvgIpc) is 2.61. The molecule has 0 bridgehead atoms. The van der Waals surface area contributed by atoms with Crippen LogP contribution in [0.3, 0.4) is 0 Å². The molecule has 144 valence electrons. The van der Waals surface area contributed by atoms with Gasteiger partial charge in [0.1, 0.15) is 0 Å². The minimum atomic E-state index is -0.387. The van der Waals surface area contributed by atoms with Crippen molar-refractivity contribution in [3.63, 3.8) is 0 Å². The molecule has 0 saturated heterocycles. The minimum absolute atomic E-state index is 0.148. The van der Waals surface area contributed by atoms with E-state index in [1.807, 2.05) is 6.07 Å². The van der Waals surface area contributed by atoms with Crippen LogP contribution >= 0.6 is 0 Å². The summed E-state index contributed by atoms with van der Waals surface area (Å²) in [5.41, 5.74) is 13.4. The molecular formula is C23H30N2O2. The van der Waals surface area contributed by atoms with Gasteiger partial charge in [-0.25, -0.2) is 4.79 Å². The number of nitrogens with two attached hydrogens (primary N) is 1. The van der Waals surface area contributed by atoms with Crippen LogP contribution in [0.25, 0.3) is 0 Å². The highest BCUT2D eigenvalue weighted by atomic mass is 16.5. The third kappa shape index (κ3) is 3.53. The van der Waals surface area contributed by atoms with Crippen molar-refractivity contribution in [2.24, 2.45) is 0 Å². The number of rotatable bonds is 3. The molecule has 0 aromatic heterocycles. The number of carbonyl (C=O) groups is 1. The SMILES string of the molecule is COC(=O)c1ccc(Nc2cc3c(cc2C)C(C)(C)CCC3(C)C)c(N)c1. The largest absolute Gasteiger partial charge is 0.465 e. The van der Waals surface area contributed by atoms with Crippen LogP contribution in [0.2, 0.25) is 0 Å². The van der Waals surface area contributed by atoms with Crippen molar-refractivity contribution in [3.05, 3.63) is 52.6 Å². The van der Waals surface area contributed by atoms with E-state index in [0.717, 1.165) is 11.4 Å². The van der Waals surface area contributed by atoms with Gasteiger partial charge in [0, 0.05) is 5.69 Å². The molecule has 0 heterocycles. The van der Waals surface area contributed by atoms with Gasteiger partial charge >= 0.3 is 5.97 Å². The second-order valence-electron chi connectivity index (χ2n) is 8.90. The van der Waals surface area contributed by atoms with E-state index in [-0.39, 0.29) is 16.8 Å². The molecule has 0 fully saturated rings. The molecule has 1 aliphatic rings. The number of ether oxygens (including phenoxy) is 1. The fourth-order valence-corrected chi connectivity index (χ4v) is 3.92. The summed E-state index contributed by atoms with van der Waals surface area (Å²) in [5.74, 6) is -0.387. The van der Waals surface area contributed by atoms with Crippen LogP contribution in [0.1, 0.15) is 67.6 Å². The number of methoxy groups -OCH3 is 1. The van der Waals surface area contributed by atoms with Crippen molar-refractivity contribution < 1.29 is 9.53 Å². The first-order chi connectivity index (χ1) is 12.5. The number of benzene rings is 2. The van der Waals surface area contributed by atoms with E-state index >= 15 is 0 Å². The molecule has 0 atom stereocenters. The quantitative estimate of drug-likeness (QED) is 0.559. The second-order valence-corrected chi connectivity index (χ2v) is 8.90. The lowest BCUT2D eigenvalue weighted by Crippen LogP contribution is -2.34. The normalized spacial score (nSPS) is 17.1. The van der Waals surface area contributed by atoms with Crippen molar-refractivity contribution in [2.75, 3.05) is 18.2 Å².